The van der Waals surface area contributed by atoms with Gasteiger partial charge in [-0.15, -0.1) is 0 Å². The van der Waals surface area contributed by atoms with E-state index in [1.54, 1.807) is 0 Å². The largest absolute Gasteiger partial charge is 0.494 e. The molecule has 0 radical (unpaired) electrons. The van der Waals surface area contributed by atoms with Crippen molar-refractivity contribution in [1.29, 1.82) is 0 Å². The van der Waals surface area contributed by atoms with E-state index in [0.29, 0.717) is 6.61 Å². The Bertz CT molecular complexity index is 425. The molecule has 0 amide bonds. The van der Waals surface area contributed by atoms with Gasteiger partial charge in [-0.25, -0.2) is 0 Å². The van der Waals surface area contributed by atoms with Crippen molar-refractivity contribution < 1.29 is 9.84 Å². The topological polar surface area (TPSA) is 29.5 Å². The molecule has 1 aliphatic carbocycles. The minimum absolute atomic E-state index is 0.0651. The standard InChI is InChI=1S/C16H23BrO2/c1-3-16(9-5-6-10-16)15(18)13-8-7-12(19-4-2)11-14(13)17/h7-8,11,15,18H,3-6,9-10H2,1-2H3. The van der Waals surface area contributed by atoms with E-state index in [1.807, 2.05) is 25.1 Å². The third kappa shape index (κ3) is 2.97. The third-order valence-electron chi connectivity index (χ3n) is 4.46. The number of halogens is 1. The van der Waals surface area contributed by atoms with Gasteiger partial charge in [-0.2, -0.15) is 0 Å². The normalized spacial score (nSPS) is 19.4. The van der Waals surface area contributed by atoms with E-state index in [1.165, 1.54) is 12.8 Å². The molecule has 1 aromatic rings. The van der Waals surface area contributed by atoms with Gasteiger partial charge in [0.05, 0.1) is 12.7 Å². The van der Waals surface area contributed by atoms with Crippen LogP contribution in [0.2, 0.25) is 0 Å². The minimum atomic E-state index is -0.384. The molecular weight excluding hydrogens is 304 g/mol. The van der Waals surface area contributed by atoms with Crippen molar-refractivity contribution in [2.24, 2.45) is 5.41 Å². The van der Waals surface area contributed by atoms with E-state index >= 15 is 0 Å². The fourth-order valence-electron chi connectivity index (χ4n) is 3.22. The van der Waals surface area contributed by atoms with Crippen LogP contribution in [0.1, 0.15) is 57.6 Å². The molecule has 2 rings (SSSR count). The molecule has 106 valence electrons. The van der Waals surface area contributed by atoms with Crippen molar-refractivity contribution in [3.8, 4) is 5.75 Å². The minimum Gasteiger partial charge on any atom is -0.494 e. The molecule has 0 saturated heterocycles. The Hall–Kier alpha value is -0.540. The fourth-order valence-corrected chi connectivity index (χ4v) is 3.79. The summed E-state index contributed by atoms with van der Waals surface area (Å²) < 4.78 is 6.44. The molecule has 1 fully saturated rings. The van der Waals surface area contributed by atoms with Crippen molar-refractivity contribution in [3.05, 3.63) is 28.2 Å². The van der Waals surface area contributed by atoms with Gasteiger partial charge >= 0.3 is 0 Å². The van der Waals surface area contributed by atoms with Crippen LogP contribution in [0.3, 0.4) is 0 Å². The van der Waals surface area contributed by atoms with E-state index in [9.17, 15) is 5.11 Å². The molecule has 1 aromatic carbocycles. The molecule has 2 nitrogen and oxygen atoms in total. The Kier molecular flexibility index (Phi) is 4.91. The SMILES string of the molecule is CCOc1ccc(C(O)C2(CC)CCCC2)c(Br)c1. The highest BCUT2D eigenvalue weighted by atomic mass is 79.9. The van der Waals surface area contributed by atoms with Crippen LogP contribution in [0.15, 0.2) is 22.7 Å². The Morgan fingerprint density at radius 2 is 2.00 bits per heavy atom. The second-order valence-electron chi connectivity index (χ2n) is 5.44. The maximum atomic E-state index is 10.8. The molecule has 1 aliphatic rings. The van der Waals surface area contributed by atoms with Crippen LogP contribution < -0.4 is 4.74 Å². The first-order valence-corrected chi connectivity index (χ1v) is 8.02. The van der Waals surface area contributed by atoms with Gasteiger partial charge in [0.1, 0.15) is 5.75 Å². The van der Waals surface area contributed by atoms with Gasteiger partial charge < -0.3 is 9.84 Å². The molecular formula is C16H23BrO2. The number of hydrogen-bond acceptors (Lipinski definition) is 2. The van der Waals surface area contributed by atoms with Crippen LogP contribution in [0.5, 0.6) is 5.75 Å². The van der Waals surface area contributed by atoms with E-state index in [4.69, 9.17) is 4.74 Å². The number of aliphatic hydroxyl groups is 1. The molecule has 19 heavy (non-hydrogen) atoms. The zero-order valence-corrected chi connectivity index (χ0v) is 13.4. The van der Waals surface area contributed by atoms with E-state index < -0.39 is 0 Å². The summed E-state index contributed by atoms with van der Waals surface area (Å²) in [6, 6.07) is 5.90. The van der Waals surface area contributed by atoms with Crippen LogP contribution in [0.25, 0.3) is 0 Å². The van der Waals surface area contributed by atoms with E-state index in [2.05, 4.69) is 22.9 Å². The van der Waals surface area contributed by atoms with Crippen molar-refractivity contribution in [1.82, 2.24) is 0 Å². The lowest BCUT2D eigenvalue weighted by molar-refractivity contribution is 0.0232. The first-order valence-electron chi connectivity index (χ1n) is 7.23. The Morgan fingerprint density at radius 1 is 1.32 bits per heavy atom. The highest BCUT2D eigenvalue weighted by Crippen LogP contribution is 2.51. The average Bonchev–Trinajstić information content (AvgIpc) is 2.88. The summed E-state index contributed by atoms with van der Waals surface area (Å²) in [7, 11) is 0. The second-order valence-corrected chi connectivity index (χ2v) is 6.30. The van der Waals surface area contributed by atoms with Gasteiger partial charge in [-0.3, -0.25) is 0 Å². The predicted molar refractivity (Wildman–Crippen MR) is 81.5 cm³/mol. The summed E-state index contributed by atoms with van der Waals surface area (Å²) in [5.41, 5.74) is 1.06. The molecule has 1 N–H and O–H groups in total. The number of ether oxygens (including phenoxy) is 1. The number of benzene rings is 1. The highest BCUT2D eigenvalue weighted by Gasteiger charge is 2.40. The molecule has 1 atom stereocenters. The molecule has 0 aliphatic heterocycles. The number of rotatable bonds is 5. The van der Waals surface area contributed by atoms with E-state index in [0.717, 1.165) is 35.0 Å². The highest BCUT2D eigenvalue weighted by molar-refractivity contribution is 9.10. The van der Waals surface area contributed by atoms with Crippen LogP contribution in [-0.2, 0) is 0 Å². The van der Waals surface area contributed by atoms with Gasteiger partial charge in [-0.1, -0.05) is 41.8 Å². The molecule has 1 unspecified atom stereocenters. The maximum Gasteiger partial charge on any atom is 0.120 e. The first-order chi connectivity index (χ1) is 9.13. The first kappa shape index (κ1) is 14.9. The Balaban J connectivity index is 2.25. The maximum absolute atomic E-state index is 10.8. The summed E-state index contributed by atoms with van der Waals surface area (Å²) >= 11 is 3.58. The van der Waals surface area contributed by atoms with Gasteiger partial charge in [0.15, 0.2) is 0 Å². The Morgan fingerprint density at radius 3 is 2.53 bits per heavy atom. The van der Waals surface area contributed by atoms with Crippen molar-refractivity contribution in [3.63, 3.8) is 0 Å². The van der Waals surface area contributed by atoms with Gasteiger partial charge in [0, 0.05) is 9.89 Å². The second kappa shape index (κ2) is 6.27. The Labute approximate surface area is 124 Å². The van der Waals surface area contributed by atoms with Crippen molar-refractivity contribution in [2.75, 3.05) is 6.61 Å². The zero-order valence-electron chi connectivity index (χ0n) is 11.8. The van der Waals surface area contributed by atoms with Crippen LogP contribution in [0, 0.1) is 5.41 Å². The molecule has 3 heteroatoms. The lowest BCUT2D eigenvalue weighted by Gasteiger charge is -2.34. The van der Waals surface area contributed by atoms with Crippen molar-refractivity contribution in [2.45, 2.75) is 52.1 Å². The van der Waals surface area contributed by atoms with Crippen LogP contribution >= 0.6 is 15.9 Å². The van der Waals surface area contributed by atoms with Gasteiger partial charge in [0.2, 0.25) is 0 Å². The summed E-state index contributed by atoms with van der Waals surface area (Å²) in [6.07, 6.45) is 5.38. The summed E-state index contributed by atoms with van der Waals surface area (Å²) in [5.74, 6) is 0.849. The predicted octanol–water partition coefficient (Wildman–Crippen LogP) is 4.85. The zero-order chi connectivity index (χ0) is 13.9. The molecule has 0 aromatic heterocycles. The number of hydrogen-bond donors (Lipinski definition) is 1. The molecule has 0 heterocycles. The quantitative estimate of drug-likeness (QED) is 0.837. The number of aliphatic hydroxyl groups excluding tert-OH is 1. The lowest BCUT2D eigenvalue weighted by Crippen LogP contribution is -2.25. The summed E-state index contributed by atoms with van der Waals surface area (Å²) in [5, 5.41) is 10.8. The van der Waals surface area contributed by atoms with Crippen LogP contribution in [0.4, 0.5) is 0 Å². The average molecular weight is 327 g/mol. The van der Waals surface area contributed by atoms with Gasteiger partial charge in [-0.05, 0) is 43.9 Å². The van der Waals surface area contributed by atoms with E-state index in [-0.39, 0.29) is 11.5 Å². The fraction of sp³-hybridized carbons (Fsp3) is 0.625. The van der Waals surface area contributed by atoms with Gasteiger partial charge in [0.25, 0.3) is 0 Å². The molecule has 1 saturated carbocycles. The summed E-state index contributed by atoms with van der Waals surface area (Å²) in [6.45, 7) is 4.82. The third-order valence-corrected chi connectivity index (χ3v) is 5.15. The smallest absolute Gasteiger partial charge is 0.120 e. The van der Waals surface area contributed by atoms with Crippen LogP contribution in [-0.4, -0.2) is 11.7 Å². The monoisotopic (exact) mass is 326 g/mol. The summed E-state index contributed by atoms with van der Waals surface area (Å²) in [4.78, 5) is 0. The molecule has 0 spiro atoms. The lowest BCUT2D eigenvalue weighted by atomic mass is 9.75. The van der Waals surface area contributed by atoms with Crippen molar-refractivity contribution >= 4 is 15.9 Å². The molecule has 0 bridgehead atoms.